The number of benzene rings is 2. The van der Waals surface area contributed by atoms with E-state index in [2.05, 4.69) is 6.92 Å². The van der Waals surface area contributed by atoms with E-state index in [9.17, 15) is 14.0 Å². The molecule has 1 fully saturated rings. The van der Waals surface area contributed by atoms with Gasteiger partial charge in [-0.15, -0.1) is 0 Å². The number of ether oxygens (including phenoxy) is 4. The molecule has 10 heteroatoms. The Hall–Kier alpha value is -3.53. The van der Waals surface area contributed by atoms with E-state index in [1.807, 2.05) is 0 Å². The van der Waals surface area contributed by atoms with E-state index in [4.69, 9.17) is 24.1 Å². The molecule has 1 aliphatic heterocycles. The standard InChI is InChI=1S/C27H35FN2O7/c1-4-5-6-11-37-25-13-22(8-10-24(25)35-3)30-15-19(17-36-18-26(31)32)14-29(27(30)33)16-20-12-21(28)7-9-23(20)34-2/h7-10,12-13,19H,4-6,11,14-18H2,1-3H3,(H,31,32). The van der Waals surface area contributed by atoms with Crippen LogP contribution in [0.1, 0.15) is 31.7 Å². The molecule has 37 heavy (non-hydrogen) atoms. The van der Waals surface area contributed by atoms with E-state index in [0.29, 0.717) is 48.2 Å². The Labute approximate surface area is 216 Å². The van der Waals surface area contributed by atoms with Crippen LogP contribution in [0.25, 0.3) is 0 Å². The molecule has 2 amide bonds. The molecule has 0 spiro atoms. The minimum atomic E-state index is -1.06. The van der Waals surface area contributed by atoms with E-state index in [-0.39, 0.29) is 25.1 Å². The topological polar surface area (TPSA) is 97.8 Å². The zero-order valence-corrected chi connectivity index (χ0v) is 21.6. The van der Waals surface area contributed by atoms with Crippen LogP contribution < -0.4 is 19.1 Å². The van der Waals surface area contributed by atoms with Gasteiger partial charge in [0, 0.05) is 36.3 Å². The lowest BCUT2D eigenvalue weighted by atomic mass is 10.0. The molecule has 0 saturated carbocycles. The predicted molar refractivity (Wildman–Crippen MR) is 136 cm³/mol. The molecule has 2 aromatic carbocycles. The van der Waals surface area contributed by atoms with E-state index in [1.165, 1.54) is 25.3 Å². The number of rotatable bonds is 14. The molecule has 3 rings (SSSR count). The number of amides is 2. The fourth-order valence-electron chi connectivity index (χ4n) is 4.28. The molecule has 1 unspecified atom stereocenters. The van der Waals surface area contributed by atoms with Crippen molar-refractivity contribution < 1.29 is 38.0 Å². The van der Waals surface area contributed by atoms with Crippen LogP contribution in [0.2, 0.25) is 0 Å². The molecule has 1 heterocycles. The van der Waals surface area contributed by atoms with E-state index in [1.54, 1.807) is 35.1 Å². The number of aliphatic carboxylic acids is 1. The molecular formula is C27H35FN2O7. The Morgan fingerprint density at radius 1 is 1.05 bits per heavy atom. The van der Waals surface area contributed by atoms with Gasteiger partial charge >= 0.3 is 12.0 Å². The van der Waals surface area contributed by atoms with Crippen molar-refractivity contribution in [2.45, 2.75) is 32.7 Å². The van der Waals surface area contributed by atoms with Crippen molar-refractivity contribution in [1.29, 1.82) is 0 Å². The lowest BCUT2D eigenvalue weighted by molar-refractivity contribution is -0.142. The largest absolute Gasteiger partial charge is 0.496 e. The number of carbonyl (C=O) groups is 2. The average molecular weight is 519 g/mol. The minimum Gasteiger partial charge on any atom is -0.496 e. The highest BCUT2D eigenvalue weighted by Crippen LogP contribution is 2.34. The molecule has 0 aliphatic carbocycles. The predicted octanol–water partition coefficient (Wildman–Crippen LogP) is 4.57. The summed E-state index contributed by atoms with van der Waals surface area (Å²) < 4.78 is 36.1. The number of urea groups is 1. The molecule has 0 aromatic heterocycles. The summed E-state index contributed by atoms with van der Waals surface area (Å²) in [5.41, 5.74) is 1.13. The van der Waals surface area contributed by atoms with Gasteiger partial charge < -0.3 is 29.0 Å². The Kier molecular flexibility index (Phi) is 10.4. The van der Waals surface area contributed by atoms with Gasteiger partial charge in [0.15, 0.2) is 11.5 Å². The maximum absolute atomic E-state index is 14.0. The zero-order valence-electron chi connectivity index (χ0n) is 21.6. The molecule has 1 aliphatic rings. The van der Waals surface area contributed by atoms with Gasteiger partial charge in [-0.3, -0.25) is 4.90 Å². The second-order valence-corrected chi connectivity index (χ2v) is 8.90. The molecule has 1 N–H and O–H groups in total. The van der Waals surface area contributed by atoms with Gasteiger partial charge in [0.05, 0.1) is 34.0 Å². The SMILES string of the molecule is CCCCCOc1cc(N2CC(COCC(=O)O)CN(Cc3cc(F)ccc3OC)C2=O)ccc1OC. The monoisotopic (exact) mass is 518 g/mol. The number of methoxy groups -OCH3 is 2. The number of carboxylic acid groups (broad SMARTS) is 1. The fraction of sp³-hybridized carbons (Fsp3) is 0.481. The van der Waals surface area contributed by atoms with Gasteiger partial charge in [-0.05, 0) is 36.8 Å². The third-order valence-corrected chi connectivity index (χ3v) is 6.07. The van der Waals surface area contributed by atoms with Gasteiger partial charge in [-0.25, -0.2) is 14.0 Å². The molecular weight excluding hydrogens is 483 g/mol. The minimum absolute atomic E-state index is 0.113. The second-order valence-electron chi connectivity index (χ2n) is 8.90. The normalized spacial score (nSPS) is 15.6. The second kappa shape index (κ2) is 13.7. The van der Waals surface area contributed by atoms with Crippen molar-refractivity contribution in [3.05, 3.63) is 47.8 Å². The van der Waals surface area contributed by atoms with Crippen LogP contribution in [0.3, 0.4) is 0 Å². The number of unbranched alkanes of at least 4 members (excludes halogenated alkanes) is 2. The molecule has 2 aromatic rings. The number of carbonyl (C=O) groups excluding carboxylic acids is 1. The first-order chi connectivity index (χ1) is 17.9. The first-order valence-corrected chi connectivity index (χ1v) is 12.4. The van der Waals surface area contributed by atoms with Gasteiger partial charge in [0.25, 0.3) is 0 Å². The van der Waals surface area contributed by atoms with E-state index in [0.717, 1.165) is 19.3 Å². The van der Waals surface area contributed by atoms with Crippen molar-refractivity contribution in [3.63, 3.8) is 0 Å². The summed E-state index contributed by atoms with van der Waals surface area (Å²) in [4.78, 5) is 27.7. The molecule has 9 nitrogen and oxygen atoms in total. The van der Waals surface area contributed by atoms with Gasteiger partial charge in [-0.2, -0.15) is 0 Å². The lowest BCUT2D eigenvalue weighted by Gasteiger charge is -2.40. The summed E-state index contributed by atoms with van der Waals surface area (Å²) in [7, 11) is 3.05. The fourth-order valence-corrected chi connectivity index (χ4v) is 4.28. The molecule has 202 valence electrons. The first-order valence-electron chi connectivity index (χ1n) is 12.4. The number of hydrogen-bond acceptors (Lipinski definition) is 6. The van der Waals surface area contributed by atoms with Crippen LogP contribution in [0.15, 0.2) is 36.4 Å². The van der Waals surface area contributed by atoms with Crippen LogP contribution in [0, 0.1) is 11.7 Å². The van der Waals surface area contributed by atoms with Crippen LogP contribution >= 0.6 is 0 Å². The maximum Gasteiger partial charge on any atom is 0.329 e. The smallest absolute Gasteiger partial charge is 0.329 e. The highest BCUT2D eigenvalue weighted by molar-refractivity contribution is 5.93. The first kappa shape index (κ1) is 28.0. The van der Waals surface area contributed by atoms with E-state index < -0.39 is 18.4 Å². The number of anilines is 1. The highest BCUT2D eigenvalue weighted by Gasteiger charge is 2.34. The van der Waals surface area contributed by atoms with Crippen molar-refractivity contribution in [3.8, 4) is 17.2 Å². The van der Waals surface area contributed by atoms with Crippen LogP contribution in [-0.2, 0) is 16.1 Å². The summed E-state index contributed by atoms with van der Waals surface area (Å²) in [5.74, 6) is -0.118. The van der Waals surface area contributed by atoms with Crippen LogP contribution in [0.4, 0.5) is 14.9 Å². The van der Waals surface area contributed by atoms with Gasteiger partial charge in [0.1, 0.15) is 18.2 Å². The Morgan fingerprint density at radius 3 is 2.51 bits per heavy atom. The van der Waals surface area contributed by atoms with Crippen LogP contribution in [-0.4, -0.2) is 69.1 Å². The maximum atomic E-state index is 14.0. The van der Waals surface area contributed by atoms with Gasteiger partial charge in [-0.1, -0.05) is 19.8 Å². The molecule has 0 radical (unpaired) electrons. The summed E-state index contributed by atoms with van der Waals surface area (Å²) >= 11 is 0. The number of carboxylic acids is 1. The van der Waals surface area contributed by atoms with Crippen LogP contribution in [0.5, 0.6) is 17.2 Å². The lowest BCUT2D eigenvalue weighted by Crippen LogP contribution is -2.54. The zero-order chi connectivity index (χ0) is 26.8. The Morgan fingerprint density at radius 2 is 1.81 bits per heavy atom. The van der Waals surface area contributed by atoms with Crippen molar-refractivity contribution >= 4 is 17.7 Å². The summed E-state index contributed by atoms with van der Waals surface area (Å²) in [6.07, 6.45) is 3.02. The molecule has 1 saturated heterocycles. The molecule has 1 atom stereocenters. The number of hydrogen-bond donors (Lipinski definition) is 1. The quantitative estimate of drug-likeness (QED) is 0.366. The third-order valence-electron chi connectivity index (χ3n) is 6.07. The summed E-state index contributed by atoms with van der Waals surface area (Å²) in [6.45, 7) is 3.09. The molecule has 0 bridgehead atoms. The van der Waals surface area contributed by atoms with Gasteiger partial charge in [0.2, 0.25) is 0 Å². The Balaban J connectivity index is 1.87. The van der Waals surface area contributed by atoms with Crippen molar-refractivity contribution in [1.82, 2.24) is 4.90 Å². The highest BCUT2D eigenvalue weighted by atomic mass is 19.1. The Bertz CT molecular complexity index is 1070. The summed E-state index contributed by atoms with van der Waals surface area (Å²) in [6, 6.07) is 9.19. The summed E-state index contributed by atoms with van der Waals surface area (Å²) in [5, 5.41) is 8.95. The van der Waals surface area contributed by atoms with Crippen molar-refractivity contribution in [2.75, 3.05) is 52.0 Å². The number of halogens is 1. The number of nitrogens with zero attached hydrogens (tertiary/aromatic N) is 2. The third kappa shape index (κ3) is 7.72. The van der Waals surface area contributed by atoms with Crippen molar-refractivity contribution in [2.24, 2.45) is 5.92 Å². The average Bonchev–Trinajstić information content (AvgIpc) is 2.88. The van der Waals surface area contributed by atoms with E-state index >= 15 is 0 Å².